The van der Waals surface area contributed by atoms with E-state index in [1.165, 1.54) is 19.3 Å². The summed E-state index contributed by atoms with van der Waals surface area (Å²) >= 11 is 0. The smallest absolute Gasteiger partial charge is 0.163 e. The second-order valence-corrected chi connectivity index (χ2v) is 5.84. The Morgan fingerprint density at radius 1 is 1.00 bits per heavy atom. The highest BCUT2D eigenvalue weighted by Crippen LogP contribution is 2.19. The van der Waals surface area contributed by atoms with Gasteiger partial charge in [0.1, 0.15) is 6.29 Å². The molecule has 0 N–H and O–H groups in total. The zero-order valence-electron chi connectivity index (χ0n) is 12.6. The van der Waals surface area contributed by atoms with Crippen molar-refractivity contribution in [1.29, 1.82) is 0 Å². The zero-order chi connectivity index (χ0) is 14.9. The summed E-state index contributed by atoms with van der Waals surface area (Å²) in [5, 5.41) is 0. The van der Waals surface area contributed by atoms with Crippen molar-refractivity contribution in [1.82, 2.24) is 0 Å². The van der Waals surface area contributed by atoms with E-state index in [1.54, 1.807) is 0 Å². The molecule has 0 saturated carbocycles. The van der Waals surface area contributed by atoms with E-state index in [2.05, 4.69) is 18.2 Å². The molecule has 112 valence electrons. The van der Waals surface area contributed by atoms with Crippen LogP contribution in [0.4, 0.5) is 0 Å². The fourth-order valence-corrected chi connectivity index (χ4v) is 2.87. The van der Waals surface area contributed by atoms with Gasteiger partial charge in [0.15, 0.2) is 5.78 Å². The van der Waals surface area contributed by atoms with Gasteiger partial charge in [-0.3, -0.25) is 4.79 Å². The monoisotopic (exact) mass is 284 g/mol. The first kappa shape index (κ1) is 15.7. The highest BCUT2D eigenvalue weighted by atomic mass is 16.1. The highest BCUT2D eigenvalue weighted by Gasteiger charge is 2.16. The Morgan fingerprint density at radius 3 is 2.67 bits per heavy atom. The van der Waals surface area contributed by atoms with Gasteiger partial charge in [0.25, 0.3) is 0 Å². The molecule has 21 heavy (non-hydrogen) atoms. The predicted octanol–water partition coefficient (Wildman–Crippen LogP) is 4.53. The number of aldehydes is 1. The molecule has 1 aliphatic rings. The van der Waals surface area contributed by atoms with Crippen molar-refractivity contribution in [3.8, 4) is 0 Å². The van der Waals surface area contributed by atoms with Crippen molar-refractivity contribution in [2.24, 2.45) is 5.92 Å². The number of Topliss-reactive ketones (excluding diaryl/α,β-unsaturated/α-hetero) is 1. The van der Waals surface area contributed by atoms with Crippen molar-refractivity contribution < 1.29 is 9.59 Å². The van der Waals surface area contributed by atoms with Crippen LogP contribution in [-0.4, -0.2) is 12.1 Å². The van der Waals surface area contributed by atoms with Crippen LogP contribution in [0, 0.1) is 5.92 Å². The second-order valence-electron chi connectivity index (χ2n) is 5.84. The number of carbonyl (C=O) groups excluding carboxylic acids is 2. The minimum atomic E-state index is -0.190. The van der Waals surface area contributed by atoms with Crippen LogP contribution in [0.2, 0.25) is 0 Å². The largest absolute Gasteiger partial charge is 0.303 e. The molecule has 0 spiro atoms. The lowest BCUT2D eigenvalue weighted by molar-refractivity contribution is -0.111. The summed E-state index contributed by atoms with van der Waals surface area (Å²) in [6.07, 6.45) is 13.0. The van der Waals surface area contributed by atoms with Crippen LogP contribution in [0.5, 0.6) is 0 Å². The topological polar surface area (TPSA) is 34.1 Å². The van der Waals surface area contributed by atoms with E-state index >= 15 is 0 Å². The first-order chi connectivity index (χ1) is 10.3. The molecule has 0 unspecified atom stereocenters. The zero-order valence-corrected chi connectivity index (χ0v) is 12.6. The highest BCUT2D eigenvalue weighted by molar-refractivity contribution is 5.98. The Kier molecular flexibility index (Phi) is 6.39. The first-order valence-corrected chi connectivity index (χ1v) is 8.02. The predicted molar refractivity (Wildman–Crippen MR) is 85.5 cm³/mol. The Labute approximate surface area is 127 Å². The maximum atomic E-state index is 12.5. The SMILES string of the molecule is O=C[C@@H]1CC=CCCCCCCc2ccccc2C(=O)C1. The molecule has 0 amide bonds. The van der Waals surface area contributed by atoms with Gasteiger partial charge in [-0.15, -0.1) is 0 Å². The molecule has 0 heterocycles. The molecule has 0 radical (unpaired) electrons. The van der Waals surface area contributed by atoms with Crippen molar-refractivity contribution in [3.63, 3.8) is 0 Å². The molecule has 2 heteroatoms. The fourth-order valence-electron chi connectivity index (χ4n) is 2.87. The van der Waals surface area contributed by atoms with Crippen LogP contribution in [0.1, 0.15) is 60.9 Å². The van der Waals surface area contributed by atoms with Crippen molar-refractivity contribution in [2.75, 3.05) is 0 Å². The lowest BCUT2D eigenvalue weighted by Gasteiger charge is -2.12. The second kappa shape index (κ2) is 8.56. The molecule has 2 rings (SSSR count). The average Bonchev–Trinajstić information content (AvgIpc) is 2.51. The van der Waals surface area contributed by atoms with E-state index < -0.39 is 0 Å². The fraction of sp³-hybridized carbons (Fsp3) is 0.474. The van der Waals surface area contributed by atoms with Gasteiger partial charge in [-0.1, -0.05) is 49.3 Å². The van der Waals surface area contributed by atoms with E-state index in [1.807, 2.05) is 18.2 Å². The summed E-state index contributed by atoms with van der Waals surface area (Å²) < 4.78 is 0. The minimum Gasteiger partial charge on any atom is -0.303 e. The number of aryl methyl sites for hydroxylation is 1. The molecule has 0 saturated heterocycles. The number of rotatable bonds is 1. The van der Waals surface area contributed by atoms with Gasteiger partial charge < -0.3 is 4.79 Å². The molecule has 0 aliphatic heterocycles. The summed E-state index contributed by atoms with van der Waals surface area (Å²) in [6.45, 7) is 0. The molecule has 2 nitrogen and oxygen atoms in total. The summed E-state index contributed by atoms with van der Waals surface area (Å²) in [5.41, 5.74) is 1.95. The van der Waals surface area contributed by atoms with Crippen LogP contribution in [0.3, 0.4) is 0 Å². The third kappa shape index (κ3) is 4.96. The van der Waals surface area contributed by atoms with Crippen LogP contribution in [0.25, 0.3) is 0 Å². The Balaban J connectivity index is 2.16. The standard InChI is InChI=1S/C19H24O2/c20-15-16-10-6-4-2-1-3-5-7-11-17-12-8-9-13-18(17)19(21)14-16/h4,6,8-9,12-13,15-16H,1-3,5,7,10-11,14H2/t16-/m1/s1. The van der Waals surface area contributed by atoms with E-state index in [9.17, 15) is 9.59 Å². The van der Waals surface area contributed by atoms with Gasteiger partial charge in [-0.25, -0.2) is 0 Å². The molecular formula is C19H24O2. The molecule has 1 atom stereocenters. The Morgan fingerprint density at radius 2 is 1.81 bits per heavy atom. The number of carbonyl (C=O) groups is 2. The molecule has 0 bridgehead atoms. The minimum absolute atomic E-state index is 0.105. The molecule has 1 aliphatic carbocycles. The number of ketones is 1. The van der Waals surface area contributed by atoms with Crippen LogP contribution >= 0.6 is 0 Å². The van der Waals surface area contributed by atoms with Gasteiger partial charge in [0, 0.05) is 17.9 Å². The van der Waals surface area contributed by atoms with Gasteiger partial charge in [-0.2, -0.15) is 0 Å². The van der Waals surface area contributed by atoms with Crippen molar-refractivity contribution >= 4 is 12.1 Å². The van der Waals surface area contributed by atoms with Crippen LogP contribution in [-0.2, 0) is 11.2 Å². The van der Waals surface area contributed by atoms with Gasteiger partial charge in [0.05, 0.1) is 0 Å². The van der Waals surface area contributed by atoms with Crippen LogP contribution in [0.15, 0.2) is 36.4 Å². The third-order valence-electron chi connectivity index (χ3n) is 4.13. The number of benzene rings is 1. The molecule has 1 aromatic carbocycles. The Hall–Kier alpha value is -1.70. The molecule has 0 aromatic heterocycles. The number of hydrogen-bond acceptors (Lipinski definition) is 2. The Bertz CT molecular complexity index is 502. The van der Waals surface area contributed by atoms with Crippen molar-refractivity contribution in [2.45, 2.75) is 51.4 Å². The summed E-state index contributed by atoms with van der Waals surface area (Å²) in [5.74, 6) is -0.0853. The quantitative estimate of drug-likeness (QED) is 0.561. The third-order valence-corrected chi connectivity index (χ3v) is 4.13. The van der Waals surface area contributed by atoms with E-state index in [-0.39, 0.29) is 11.7 Å². The van der Waals surface area contributed by atoms with Gasteiger partial charge in [0.2, 0.25) is 0 Å². The van der Waals surface area contributed by atoms with E-state index in [0.717, 1.165) is 36.7 Å². The van der Waals surface area contributed by atoms with E-state index in [4.69, 9.17) is 0 Å². The van der Waals surface area contributed by atoms with Gasteiger partial charge >= 0.3 is 0 Å². The summed E-state index contributed by atoms with van der Waals surface area (Å²) in [6, 6.07) is 7.86. The maximum absolute atomic E-state index is 12.5. The first-order valence-electron chi connectivity index (χ1n) is 8.02. The van der Waals surface area contributed by atoms with Crippen LogP contribution < -0.4 is 0 Å². The normalized spacial score (nSPS) is 21.3. The number of hydrogen-bond donors (Lipinski definition) is 0. The lowest BCUT2D eigenvalue weighted by Crippen LogP contribution is -2.11. The van der Waals surface area contributed by atoms with Gasteiger partial charge in [-0.05, 0) is 37.7 Å². The van der Waals surface area contributed by atoms with Crippen molar-refractivity contribution in [3.05, 3.63) is 47.5 Å². The summed E-state index contributed by atoms with van der Waals surface area (Å²) in [7, 11) is 0. The van der Waals surface area contributed by atoms with E-state index in [0.29, 0.717) is 12.8 Å². The molecular weight excluding hydrogens is 260 g/mol. The number of fused-ring (bicyclic) bond motifs is 1. The maximum Gasteiger partial charge on any atom is 0.163 e. The molecule has 1 aromatic rings. The summed E-state index contributed by atoms with van der Waals surface area (Å²) in [4.78, 5) is 23.6. The number of allylic oxidation sites excluding steroid dienone is 2. The average molecular weight is 284 g/mol. The lowest BCUT2D eigenvalue weighted by atomic mass is 9.91. The molecule has 0 fully saturated rings.